The smallest absolute Gasteiger partial charge is 0.193 e. The van der Waals surface area contributed by atoms with Crippen LogP contribution < -0.4 is 0 Å². The van der Waals surface area contributed by atoms with Gasteiger partial charge in [0.2, 0.25) is 0 Å². The van der Waals surface area contributed by atoms with Crippen molar-refractivity contribution in [3.05, 3.63) is 11.5 Å². The Bertz CT molecular complexity index is 89.9. The second kappa shape index (κ2) is 1.69. The molecule has 1 aliphatic heterocycles. The monoisotopic (exact) mass is 136 g/mol. The molecule has 0 spiro atoms. The minimum atomic E-state index is -1.03. The molecule has 1 aliphatic rings. The third-order valence-electron chi connectivity index (χ3n) is 0.714. The Morgan fingerprint density at radius 3 is 2.71 bits per heavy atom. The zero-order valence-corrected chi connectivity index (χ0v) is 5.17. The van der Waals surface area contributed by atoms with Crippen LogP contribution in [0.3, 0.4) is 0 Å². The first-order valence-electron chi connectivity index (χ1n) is 1.95. The first-order chi connectivity index (χ1) is 3.21. The van der Waals surface area contributed by atoms with Crippen molar-refractivity contribution in [1.29, 1.82) is 0 Å². The average molecular weight is 137 g/mol. The maximum atomic E-state index is 8.86. The van der Waals surface area contributed by atoms with Gasteiger partial charge in [-0.05, 0) is 5.41 Å². The molecular formula is C4H5ClOS. The van der Waals surface area contributed by atoms with E-state index in [9.17, 15) is 0 Å². The molecule has 3 heteroatoms. The molecule has 40 valence electrons. The van der Waals surface area contributed by atoms with Crippen LogP contribution in [-0.4, -0.2) is 9.50 Å². The topological polar surface area (TPSA) is 20.2 Å². The van der Waals surface area contributed by atoms with E-state index < -0.39 is 4.39 Å². The molecule has 0 radical (unpaired) electrons. The normalized spacial score (nSPS) is 39.7. The van der Waals surface area contributed by atoms with Crippen molar-refractivity contribution in [3.8, 4) is 0 Å². The van der Waals surface area contributed by atoms with Gasteiger partial charge < -0.3 is 5.11 Å². The summed E-state index contributed by atoms with van der Waals surface area (Å²) in [4.78, 5) is 0. The Kier molecular flexibility index (Phi) is 1.32. The summed E-state index contributed by atoms with van der Waals surface area (Å²) in [5.41, 5.74) is 0. The highest BCUT2D eigenvalue weighted by molar-refractivity contribution is 8.04. The van der Waals surface area contributed by atoms with Gasteiger partial charge in [-0.15, -0.1) is 0 Å². The highest BCUT2D eigenvalue weighted by atomic mass is 35.5. The summed E-state index contributed by atoms with van der Waals surface area (Å²) in [6, 6.07) is 0. The Morgan fingerprint density at radius 1 is 1.86 bits per heavy atom. The molecule has 0 saturated carbocycles. The zero-order valence-electron chi connectivity index (χ0n) is 3.60. The summed E-state index contributed by atoms with van der Waals surface area (Å²) in [7, 11) is 0. The summed E-state index contributed by atoms with van der Waals surface area (Å²) in [5, 5.41) is 10.7. The molecule has 7 heavy (non-hydrogen) atoms. The lowest BCUT2D eigenvalue weighted by Gasteiger charge is -2.08. The minimum absolute atomic E-state index is 0.555. The van der Waals surface area contributed by atoms with Gasteiger partial charge in [-0.1, -0.05) is 29.4 Å². The summed E-state index contributed by atoms with van der Waals surface area (Å²) in [6.45, 7) is 0. The molecule has 1 rings (SSSR count). The third-order valence-corrected chi connectivity index (χ3v) is 1.99. The number of alkyl halides is 1. The molecule has 0 fully saturated rings. The Balaban J connectivity index is 2.49. The highest BCUT2D eigenvalue weighted by Gasteiger charge is 2.24. The molecule has 0 aliphatic carbocycles. The number of rotatable bonds is 0. The first-order valence-corrected chi connectivity index (χ1v) is 3.21. The van der Waals surface area contributed by atoms with E-state index in [1.807, 2.05) is 6.08 Å². The molecule has 0 saturated heterocycles. The van der Waals surface area contributed by atoms with Crippen LogP contribution >= 0.6 is 23.4 Å². The fourth-order valence-corrected chi connectivity index (χ4v) is 1.23. The molecule has 1 nitrogen and oxygen atoms in total. The lowest BCUT2D eigenvalue weighted by Crippen LogP contribution is -2.08. The van der Waals surface area contributed by atoms with E-state index in [-0.39, 0.29) is 0 Å². The molecule has 1 unspecified atom stereocenters. The van der Waals surface area contributed by atoms with Gasteiger partial charge in [0.25, 0.3) is 0 Å². The number of halogens is 1. The van der Waals surface area contributed by atoms with Gasteiger partial charge in [-0.2, -0.15) is 0 Å². The largest absolute Gasteiger partial charge is 0.366 e. The first kappa shape index (κ1) is 5.48. The number of hydrogen-bond acceptors (Lipinski definition) is 2. The highest BCUT2D eigenvalue weighted by Crippen LogP contribution is 2.36. The van der Waals surface area contributed by atoms with E-state index in [2.05, 4.69) is 0 Å². The third kappa shape index (κ3) is 1.37. The van der Waals surface area contributed by atoms with Gasteiger partial charge in [0.15, 0.2) is 4.39 Å². The van der Waals surface area contributed by atoms with Crippen molar-refractivity contribution < 1.29 is 5.11 Å². The fraction of sp³-hybridized carbons (Fsp3) is 0.500. The van der Waals surface area contributed by atoms with Crippen molar-refractivity contribution in [2.24, 2.45) is 0 Å². The van der Waals surface area contributed by atoms with Crippen LogP contribution in [0.15, 0.2) is 11.5 Å². The SMILES string of the molecule is OC1(Cl)CC=CS1. The lowest BCUT2D eigenvalue weighted by atomic mass is 10.5. The maximum Gasteiger partial charge on any atom is 0.193 e. The Labute approximate surface area is 51.4 Å². The lowest BCUT2D eigenvalue weighted by molar-refractivity contribution is 0.229. The molecule has 0 aromatic carbocycles. The Hall–Kier alpha value is 0.340. The predicted octanol–water partition coefficient (Wildman–Crippen LogP) is 1.52. The fourth-order valence-electron chi connectivity index (χ4n) is 0.394. The molecule has 1 heterocycles. The van der Waals surface area contributed by atoms with E-state index in [4.69, 9.17) is 16.7 Å². The molecule has 0 bridgehead atoms. The average Bonchev–Trinajstić information content (AvgIpc) is 1.84. The maximum absolute atomic E-state index is 8.86. The molecule has 1 atom stereocenters. The summed E-state index contributed by atoms with van der Waals surface area (Å²) in [6.07, 6.45) is 2.40. The van der Waals surface area contributed by atoms with E-state index >= 15 is 0 Å². The Morgan fingerprint density at radius 2 is 2.57 bits per heavy atom. The van der Waals surface area contributed by atoms with E-state index in [0.29, 0.717) is 6.42 Å². The molecular weight excluding hydrogens is 132 g/mol. The molecule has 1 N–H and O–H groups in total. The van der Waals surface area contributed by atoms with Crippen molar-refractivity contribution >= 4 is 23.4 Å². The van der Waals surface area contributed by atoms with Gasteiger partial charge in [0.05, 0.1) is 0 Å². The minimum Gasteiger partial charge on any atom is -0.366 e. The second-order valence-electron chi connectivity index (χ2n) is 1.38. The number of thioether (sulfide) groups is 1. The second-order valence-corrected chi connectivity index (χ2v) is 3.42. The van der Waals surface area contributed by atoms with E-state index in [1.165, 1.54) is 11.8 Å². The molecule has 0 aromatic rings. The number of hydrogen-bond donors (Lipinski definition) is 1. The van der Waals surface area contributed by atoms with Crippen LogP contribution in [0.5, 0.6) is 0 Å². The van der Waals surface area contributed by atoms with Gasteiger partial charge in [-0.25, -0.2) is 0 Å². The van der Waals surface area contributed by atoms with Crippen LogP contribution in [0, 0.1) is 0 Å². The zero-order chi connectivity index (χ0) is 5.33. The van der Waals surface area contributed by atoms with Crippen molar-refractivity contribution in [2.45, 2.75) is 10.8 Å². The summed E-state index contributed by atoms with van der Waals surface area (Å²) in [5.74, 6) is 0. The van der Waals surface area contributed by atoms with Crippen molar-refractivity contribution in [1.82, 2.24) is 0 Å². The quantitative estimate of drug-likeness (QED) is 0.510. The standard InChI is InChI=1S/C4H5ClOS/c5-4(6)2-1-3-7-4/h1,3,6H,2H2. The predicted molar refractivity (Wildman–Crippen MR) is 32.2 cm³/mol. The van der Waals surface area contributed by atoms with E-state index in [1.54, 1.807) is 5.41 Å². The van der Waals surface area contributed by atoms with Gasteiger partial charge >= 0.3 is 0 Å². The number of aliphatic hydroxyl groups is 1. The van der Waals surface area contributed by atoms with Crippen LogP contribution in [0.4, 0.5) is 0 Å². The van der Waals surface area contributed by atoms with Crippen molar-refractivity contribution in [2.75, 3.05) is 0 Å². The van der Waals surface area contributed by atoms with E-state index in [0.717, 1.165) is 0 Å². The van der Waals surface area contributed by atoms with Gasteiger partial charge in [0.1, 0.15) is 0 Å². The van der Waals surface area contributed by atoms with Gasteiger partial charge in [0, 0.05) is 6.42 Å². The van der Waals surface area contributed by atoms with Crippen LogP contribution in [-0.2, 0) is 0 Å². The van der Waals surface area contributed by atoms with Crippen molar-refractivity contribution in [3.63, 3.8) is 0 Å². The van der Waals surface area contributed by atoms with Crippen LogP contribution in [0.25, 0.3) is 0 Å². The molecule has 0 amide bonds. The summed E-state index contributed by atoms with van der Waals surface area (Å²) < 4.78 is -1.03. The van der Waals surface area contributed by atoms with Crippen LogP contribution in [0.2, 0.25) is 0 Å². The van der Waals surface area contributed by atoms with Crippen LogP contribution in [0.1, 0.15) is 6.42 Å². The summed E-state index contributed by atoms with van der Waals surface area (Å²) >= 11 is 6.66. The van der Waals surface area contributed by atoms with Gasteiger partial charge in [-0.3, -0.25) is 0 Å². The molecule has 0 aromatic heterocycles.